The first-order chi connectivity index (χ1) is 15.4. The fourth-order valence-corrected chi connectivity index (χ4v) is 3.28. The molecule has 164 valence electrons. The molecule has 0 aliphatic heterocycles. The number of nitrogens with zero attached hydrogens (tertiary/aromatic N) is 3. The van der Waals surface area contributed by atoms with Gasteiger partial charge >= 0.3 is 0 Å². The number of nitrogens with two attached hydrogens (primary N) is 1. The number of aromatic nitrogens is 3. The summed E-state index contributed by atoms with van der Waals surface area (Å²) in [4.78, 5) is 16.0. The van der Waals surface area contributed by atoms with E-state index in [1.165, 1.54) is 12.1 Å². The monoisotopic (exact) mass is 437 g/mol. The highest BCUT2D eigenvalue weighted by atomic mass is 19.1. The van der Waals surface area contributed by atoms with Crippen LogP contribution in [0.15, 0.2) is 48.7 Å². The number of ether oxygens (including phenoxy) is 1. The van der Waals surface area contributed by atoms with Gasteiger partial charge in [0.1, 0.15) is 5.75 Å². The summed E-state index contributed by atoms with van der Waals surface area (Å²) in [5, 5.41) is 26.1. The average Bonchev–Trinajstić information content (AvgIpc) is 3.18. The summed E-state index contributed by atoms with van der Waals surface area (Å²) in [5.41, 5.74) is 8.90. The molecule has 9 nitrogen and oxygen atoms in total. The molecule has 2 aromatic heterocycles. The van der Waals surface area contributed by atoms with Crippen LogP contribution in [0.4, 0.5) is 10.1 Å². The van der Waals surface area contributed by atoms with Crippen LogP contribution in [0.5, 0.6) is 17.4 Å². The highest BCUT2D eigenvalue weighted by molar-refractivity contribution is 5.94. The molecular formula is C22H20FN5O4. The highest BCUT2D eigenvalue weighted by Gasteiger charge is 2.16. The van der Waals surface area contributed by atoms with Crippen LogP contribution >= 0.6 is 0 Å². The van der Waals surface area contributed by atoms with Gasteiger partial charge in [-0.3, -0.25) is 4.79 Å². The molecule has 0 aliphatic rings. The lowest BCUT2D eigenvalue weighted by atomic mass is 10.0. The van der Waals surface area contributed by atoms with Crippen molar-refractivity contribution in [1.29, 1.82) is 0 Å². The molecule has 0 radical (unpaired) electrons. The van der Waals surface area contributed by atoms with Crippen molar-refractivity contribution < 1.29 is 24.1 Å². The SMILES string of the molecule is Cc1cc(-c2cnc3c(NCCO)cc(Oc4ccc(O)c(F)c4)nn23)ccc1C(N)=O. The van der Waals surface area contributed by atoms with Gasteiger partial charge in [-0.25, -0.2) is 13.9 Å². The summed E-state index contributed by atoms with van der Waals surface area (Å²) in [7, 11) is 0. The molecule has 0 unspecified atom stereocenters. The first-order valence-electron chi connectivity index (χ1n) is 9.68. The Kier molecular flexibility index (Phi) is 5.61. The number of fused-ring (bicyclic) bond motifs is 1. The minimum atomic E-state index is -0.824. The van der Waals surface area contributed by atoms with Gasteiger partial charge in [-0.1, -0.05) is 6.07 Å². The fourth-order valence-electron chi connectivity index (χ4n) is 3.28. The molecule has 5 N–H and O–H groups in total. The number of hydrogen-bond acceptors (Lipinski definition) is 7. The van der Waals surface area contributed by atoms with Crippen LogP contribution in [0.3, 0.4) is 0 Å². The Hall–Kier alpha value is -4.18. The number of amides is 1. The van der Waals surface area contributed by atoms with Gasteiger partial charge in [0, 0.05) is 29.8 Å². The minimum absolute atomic E-state index is 0.102. The maximum Gasteiger partial charge on any atom is 0.248 e. The normalized spacial score (nSPS) is 11.0. The second kappa shape index (κ2) is 8.52. The molecule has 0 saturated carbocycles. The van der Waals surface area contributed by atoms with Gasteiger partial charge in [-0.2, -0.15) is 0 Å². The van der Waals surface area contributed by atoms with E-state index >= 15 is 0 Å². The Morgan fingerprint density at radius 1 is 1.25 bits per heavy atom. The van der Waals surface area contributed by atoms with Crippen LogP contribution in [-0.2, 0) is 0 Å². The van der Waals surface area contributed by atoms with Gasteiger partial charge in [-0.05, 0) is 36.8 Å². The van der Waals surface area contributed by atoms with Crippen LogP contribution in [0.25, 0.3) is 16.9 Å². The molecule has 0 fully saturated rings. The molecule has 4 aromatic rings. The van der Waals surface area contributed by atoms with Gasteiger partial charge in [0.05, 0.1) is 24.2 Å². The van der Waals surface area contributed by atoms with E-state index in [9.17, 15) is 19.4 Å². The van der Waals surface area contributed by atoms with Crippen LogP contribution in [-0.4, -0.2) is 43.9 Å². The van der Waals surface area contributed by atoms with Crippen molar-refractivity contribution in [3.63, 3.8) is 0 Å². The molecule has 32 heavy (non-hydrogen) atoms. The number of halogens is 1. The average molecular weight is 437 g/mol. The summed E-state index contributed by atoms with van der Waals surface area (Å²) in [6.45, 7) is 1.94. The maximum atomic E-state index is 13.7. The Balaban J connectivity index is 1.81. The maximum absolute atomic E-state index is 13.7. The predicted molar refractivity (Wildman–Crippen MR) is 115 cm³/mol. The molecule has 10 heteroatoms. The number of aliphatic hydroxyl groups is 1. The van der Waals surface area contributed by atoms with E-state index in [1.807, 2.05) is 0 Å². The zero-order valence-electron chi connectivity index (χ0n) is 17.0. The van der Waals surface area contributed by atoms with Crippen molar-refractivity contribution in [2.24, 2.45) is 5.73 Å². The predicted octanol–water partition coefficient (Wildman–Crippen LogP) is 2.84. The van der Waals surface area contributed by atoms with Crippen molar-refractivity contribution in [2.75, 3.05) is 18.5 Å². The van der Waals surface area contributed by atoms with Gasteiger partial charge < -0.3 is 26.0 Å². The zero-order chi connectivity index (χ0) is 22.8. The van der Waals surface area contributed by atoms with Crippen molar-refractivity contribution in [1.82, 2.24) is 14.6 Å². The fraction of sp³-hybridized carbons (Fsp3) is 0.136. The topological polar surface area (TPSA) is 135 Å². The van der Waals surface area contributed by atoms with Crippen molar-refractivity contribution in [3.8, 4) is 28.6 Å². The van der Waals surface area contributed by atoms with E-state index in [0.29, 0.717) is 28.2 Å². The number of phenolic OH excluding ortho intramolecular Hbond substituents is 1. The number of nitrogens with one attached hydrogen (secondary N) is 1. The van der Waals surface area contributed by atoms with Gasteiger partial charge in [0.2, 0.25) is 11.8 Å². The van der Waals surface area contributed by atoms with E-state index in [0.717, 1.165) is 11.6 Å². The standard InChI is InChI=1S/C22H20FN5O4/c1-12-8-13(2-4-15(12)21(24)31)18-11-26-22-17(25-6-7-29)10-20(27-28(18)22)32-14-3-5-19(30)16(23)9-14/h2-5,8-11,25,29-30H,6-7H2,1H3,(H2,24,31). The van der Waals surface area contributed by atoms with E-state index in [1.54, 1.807) is 41.9 Å². The number of aryl methyl sites for hydroxylation is 1. The number of anilines is 1. The molecule has 2 aromatic carbocycles. The number of imidazole rings is 1. The zero-order valence-corrected chi connectivity index (χ0v) is 17.0. The third kappa shape index (κ3) is 4.03. The van der Waals surface area contributed by atoms with Crippen LogP contribution in [0, 0.1) is 12.7 Å². The lowest BCUT2D eigenvalue weighted by Gasteiger charge is -2.12. The number of aromatic hydroxyl groups is 1. The van der Waals surface area contributed by atoms with Crippen LogP contribution in [0.2, 0.25) is 0 Å². The summed E-state index contributed by atoms with van der Waals surface area (Å²) in [6.07, 6.45) is 1.62. The second-order valence-corrected chi connectivity index (χ2v) is 7.03. The number of carbonyl (C=O) groups excluding carboxylic acids is 1. The quantitative estimate of drug-likeness (QED) is 0.349. The largest absolute Gasteiger partial charge is 0.505 e. The Morgan fingerprint density at radius 3 is 2.75 bits per heavy atom. The number of primary amides is 1. The highest BCUT2D eigenvalue weighted by Crippen LogP contribution is 2.30. The summed E-state index contributed by atoms with van der Waals surface area (Å²) in [5.74, 6) is -1.55. The first-order valence-corrected chi connectivity index (χ1v) is 9.68. The smallest absolute Gasteiger partial charge is 0.248 e. The lowest BCUT2D eigenvalue weighted by molar-refractivity contribution is 0.0999. The Morgan fingerprint density at radius 2 is 2.06 bits per heavy atom. The first kappa shape index (κ1) is 21.1. The second-order valence-electron chi connectivity index (χ2n) is 7.03. The van der Waals surface area contributed by atoms with E-state index < -0.39 is 17.5 Å². The molecule has 1 amide bonds. The summed E-state index contributed by atoms with van der Waals surface area (Å²) < 4.78 is 21.0. The summed E-state index contributed by atoms with van der Waals surface area (Å²) >= 11 is 0. The molecule has 0 aliphatic carbocycles. The summed E-state index contributed by atoms with van der Waals surface area (Å²) in [6, 6.07) is 10.4. The minimum Gasteiger partial charge on any atom is -0.505 e. The molecule has 2 heterocycles. The Bertz CT molecular complexity index is 1320. The molecule has 4 rings (SSSR count). The van der Waals surface area contributed by atoms with Crippen molar-refractivity contribution >= 4 is 17.2 Å². The van der Waals surface area contributed by atoms with Gasteiger partial charge in [0.15, 0.2) is 17.2 Å². The Labute approximate surface area is 181 Å². The molecule has 0 bridgehead atoms. The number of phenols is 1. The van der Waals surface area contributed by atoms with Gasteiger partial charge in [-0.15, -0.1) is 5.10 Å². The number of rotatable bonds is 7. The molecule has 0 atom stereocenters. The molecule has 0 spiro atoms. The van der Waals surface area contributed by atoms with Crippen LogP contribution in [0.1, 0.15) is 15.9 Å². The van der Waals surface area contributed by atoms with E-state index in [-0.39, 0.29) is 24.8 Å². The van der Waals surface area contributed by atoms with Crippen molar-refractivity contribution in [2.45, 2.75) is 6.92 Å². The lowest BCUT2D eigenvalue weighted by Crippen LogP contribution is -2.12. The van der Waals surface area contributed by atoms with Crippen LogP contribution < -0.4 is 15.8 Å². The van der Waals surface area contributed by atoms with Gasteiger partial charge in [0.25, 0.3) is 0 Å². The third-order valence-electron chi connectivity index (χ3n) is 4.80. The molecule has 0 saturated heterocycles. The molecular weight excluding hydrogens is 417 g/mol. The van der Waals surface area contributed by atoms with E-state index in [2.05, 4.69) is 15.4 Å². The third-order valence-corrected chi connectivity index (χ3v) is 4.80. The number of hydrogen-bond donors (Lipinski definition) is 4. The number of benzene rings is 2. The van der Waals surface area contributed by atoms with E-state index in [4.69, 9.17) is 10.5 Å². The number of carbonyl (C=O) groups is 1. The van der Waals surface area contributed by atoms with Crippen molar-refractivity contribution in [3.05, 3.63) is 65.6 Å². The number of aliphatic hydroxyl groups excluding tert-OH is 1.